The number of nitrogens with one attached hydrogen (secondary N) is 1. The normalized spacial score (nSPS) is 11.8. The Labute approximate surface area is 144 Å². The number of aromatic nitrogens is 1. The molecule has 0 bridgehead atoms. The van der Waals surface area contributed by atoms with Crippen molar-refractivity contribution >= 4 is 23.2 Å². The summed E-state index contributed by atoms with van der Waals surface area (Å²) in [4.78, 5) is 28.1. The molecule has 0 aliphatic carbocycles. The highest BCUT2D eigenvalue weighted by atomic mass is 32.1. The van der Waals surface area contributed by atoms with Crippen molar-refractivity contribution in [3.63, 3.8) is 0 Å². The lowest BCUT2D eigenvalue weighted by molar-refractivity contribution is -0.141. The second-order valence-electron chi connectivity index (χ2n) is 5.29. The van der Waals surface area contributed by atoms with Crippen molar-refractivity contribution in [2.24, 2.45) is 5.92 Å². The lowest BCUT2D eigenvalue weighted by Crippen LogP contribution is -2.34. The Morgan fingerprint density at radius 1 is 1.33 bits per heavy atom. The Morgan fingerprint density at radius 2 is 2.04 bits per heavy atom. The molecule has 2 N–H and O–H groups in total. The number of benzene rings is 1. The van der Waals surface area contributed by atoms with Gasteiger partial charge >= 0.3 is 5.97 Å². The van der Waals surface area contributed by atoms with Gasteiger partial charge in [0.2, 0.25) is 0 Å². The van der Waals surface area contributed by atoms with Gasteiger partial charge in [0.1, 0.15) is 10.6 Å². The summed E-state index contributed by atoms with van der Waals surface area (Å²) >= 11 is 1.24. The fourth-order valence-electron chi connectivity index (χ4n) is 2.24. The summed E-state index contributed by atoms with van der Waals surface area (Å²) in [5.74, 6) is -1.17. The topological polar surface area (TPSA) is 88.5 Å². The maximum atomic E-state index is 12.1. The SMILES string of the molecule is CCOc1ccc(CC(CNC(=O)c2scnc2C)C(=O)O)cc1. The maximum absolute atomic E-state index is 12.1. The zero-order valence-electron chi connectivity index (χ0n) is 13.6. The predicted molar refractivity (Wildman–Crippen MR) is 91.6 cm³/mol. The third-order valence-electron chi connectivity index (χ3n) is 3.53. The van der Waals surface area contributed by atoms with Gasteiger partial charge in [-0.15, -0.1) is 11.3 Å². The zero-order valence-corrected chi connectivity index (χ0v) is 14.4. The molecular formula is C17H20N2O4S. The first-order valence-corrected chi connectivity index (χ1v) is 8.52. The zero-order chi connectivity index (χ0) is 17.5. The average molecular weight is 348 g/mol. The summed E-state index contributed by atoms with van der Waals surface area (Å²) in [7, 11) is 0. The first kappa shape index (κ1) is 17.9. The summed E-state index contributed by atoms with van der Waals surface area (Å²) in [6, 6.07) is 7.32. The fraction of sp³-hybridized carbons (Fsp3) is 0.353. The summed E-state index contributed by atoms with van der Waals surface area (Å²) in [5, 5.41) is 12.1. The Kier molecular flexibility index (Phi) is 6.31. The molecule has 0 saturated heterocycles. The van der Waals surface area contributed by atoms with Gasteiger partial charge in [-0.25, -0.2) is 4.98 Å². The number of carbonyl (C=O) groups is 2. The van der Waals surface area contributed by atoms with E-state index in [1.807, 2.05) is 31.2 Å². The smallest absolute Gasteiger partial charge is 0.308 e. The molecule has 1 aromatic carbocycles. The van der Waals surface area contributed by atoms with Crippen LogP contribution in [0.4, 0.5) is 0 Å². The van der Waals surface area contributed by atoms with Gasteiger partial charge in [0.05, 0.1) is 23.7 Å². The van der Waals surface area contributed by atoms with Gasteiger partial charge in [-0.05, 0) is 38.0 Å². The van der Waals surface area contributed by atoms with Gasteiger partial charge in [0.15, 0.2) is 0 Å². The molecule has 0 aliphatic rings. The monoisotopic (exact) mass is 348 g/mol. The predicted octanol–water partition coefficient (Wildman–Crippen LogP) is 2.52. The minimum absolute atomic E-state index is 0.0682. The standard InChI is InChI=1S/C17H20N2O4S/c1-3-23-14-6-4-12(5-7-14)8-13(17(21)22)9-18-16(20)15-11(2)19-10-24-15/h4-7,10,13H,3,8-9H2,1-2H3,(H,18,20)(H,21,22). The quantitative estimate of drug-likeness (QED) is 0.765. The molecule has 0 radical (unpaired) electrons. The van der Waals surface area contributed by atoms with E-state index in [-0.39, 0.29) is 12.5 Å². The van der Waals surface area contributed by atoms with Crippen LogP contribution in [0.25, 0.3) is 0 Å². The van der Waals surface area contributed by atoms with E-state index >= 15 is 0 Å². The first-order chi connectivity index (χ1) is 11.5. The van der Waals surface area contributed by atoms with Crippen molar-refractivity contribution in [3.8, 4) is 5.75 Å². The van der Waals surface area contributed by atoms with E-state index in [4.69, 9.17) is 4.74 Å². The number of carbonyl (C=O) groups excluding carboxylic acids is 1. The van der Waals surface area contributed by atoms with Crippen LogP contribution in [0.15, 0.2) is 29.8 Å². The van der Waals surface area contributed by atoms with Gasteiger partial charge in [0.25, 0.3) is 5.91 Å². The van der Waals surface area contributed by atoms with Gasteiger partial charge in [-0.2, -0.15) is 0 Å². The third-order valence-corrected chi connectivity index (χ3v) is 4.45. The van der Waals surface area contributed by atoms with Gasteiger partial charge < -0.3 is 15.2 Å². The third kappa shape index (κ3) is 4.79. The minimum Gasteiger partial charge on any atom is -0.494 e. The molecule has 2 rings (SSSR count). The van der Waals surface area contributed by atoms with Crippen molar-refractivity contribution in [2.75, 3.05) is 13.2 Å². The van der Waals surface area contributed by atoms with Crippen molar-refractivity contribution in [2.45, 2.75) is 20.3 Å². The molecule has 1 unspecified atom stereocenters. The van der Waals surface area contributed by atoms with Crippen LogP contribution in [0.1, 0.15) is 27.9 Å². The minimum atomic E-state index is -0.940. The van der Waals surface area contributed by atoms with Crippen molar-refractivity contribution in [1.29, 1.82) is 0 Å². The van der Waals surface area contributed by atoms with Crippen LogP contribution in [-0.2, 0) is 11.2 Å². The molecule has 128 valence electrons. The highest BCUT2D eigenvalue weighted by Gasteiger charge is 2.20. The van der Waals surface area contributed by atoms with Crippen LogP contribution in [0.2, 0.25) is 0 Å². The summed E-state index contributed by atoms with van der Waals surface area (Å²) in [6.45, 7) is 4.31. The van der Waals surface area contributed by atoms with Gasteiger partial charge in [-0.1, -0.05) is 12.1 Å². The van der Waals surface area contributed by atoms with Crippen molar-refractivity contribution < 1.29 is 19.4 Å². The molecule has 24 heavy (non-hydrogen) atoms. The number of thiazole rings is 1. The molecule has 7 heteroatoms. The number of carboxylic acid groups (broad SMARTS) is 1. The molecular weight excluding hydrogens is 328 g/mol. The van der Waals surface area contributed by atoms with E-state index in [1.165, 1.54) is 11.3 Å². The number of hydrogen-bond donors (Lipinski definition) is 2. The Bertz CT molecular complexity index is 697. The molecule has 2 aromatic rings. The number of carboxylic acids is 1. The molecule has 0 saturated carbocycles. The average Bonchev–Trinajstić information content (AvgIpc) is 2.99. The second-order valence-corrected chi connectivity index (χ2v) is 6.15. The maximum Gasteiger partial charge on any atom is 0.308 e. The number of nitrogens with zero attached hydrogens (tertiary/aromatic N) is 1. The highest BCUT2D eigenvalue weighted by Crippen LogP contribution is 2.16. The molecule has 1 amide bonds. The first-order valence-electron chi connectivity index (χ1n) is 7.64. The number of aryl methyl sites for hydroxylation is 1. The largest absolute Gasteiger partial charge is 0.494 e. The van der Waals surface area contributed by atoms with E-state index < -0.39 is 11.9 Å². The second kappa shape index (κ2) is 8.44. The van der Waals surface area contributed by atoms with Crippen LogP contribution in [0.5, 0.6) is 5.75 Å². The number of aliphatic carboxylic acids is 1. The lowest BCUT2D eigenvalue weighted by Gasteiger charge is -2.14. The van der Waals surface area contributed by atoms with Crippen LogP contribution < -0.4 is 10.1 Å². The molecule has 0 aliphatic heterocycles. The molecule has 0 fully saturated rings. The van der Waals surface area contributed by atoms with Crippen LogP contribution >= 0.6 is 11.3 Å². The Morgan fingerprint density at radius 3 is 2.58 bits per heavy atom. The molecule has 1 heterocycles. The van der Waals surface area contributed by atoms with Crippen molar-refractivity contribution in [3.05, 3.63) is 45.9 Å². The molecule has 6 nitrogen and oxygen atoms in total. The van der Waals surface area contributed by atoms with Gasteiger partial charge in [0, 0.05) is 6.54 Å². The molecule has 1 aromatic heterocycles. The van der Waals surface area contributed by atoms with Crippen molar-refractivity contribution in [1.82, 2.24) is 10.3 Å². The fourth-order valence-corrected chi connectivity index (χ4v) is 2.95. The summed E-state index contributed by atoms with van der Waals surface area (Å²) in [5.41, 5.74) is 3.13. The highest BCUT2D eigenvalue weighted by molar-refractivity contribution is 7.11. The van der Waals surface area contributed by atoms with E-state index in [0.717, 1.165) is 11.3 Å². The number of rotatable bonds is 8. The summed E-state index contributed by atoms with van der Waals surface area (Å²) < 4.78 is 5.37. The van der Waals surface area contributed by atoms with E-state index in [1.54, 1.807) is 12.4 Å². The molecule has 1 atom stereocenters. The Balaban J connectivity index is 1.95. The number of amides is 1. The van der Waals surface area contributed by atoms with Crippen LogP contribution in [0, 0.1) is 12.8 Å². The lowest BCUT2D eigenvalue weighted by atomic mass is 9.99. The summed E-state index contributed by atoms with van der Waals surface area (Å²) in [6.07, 6.45) is 0.337. The number of ether oxygens (including phenoxy) is 1. The van der Waals surface area contributed by atoms with Crippen LogP contribution in [-0.4, -0.2) is 35.1 Å². The number of hydrogen-bond acceptors (Lipinski definition) is 5. The van der Waals surface area contributed by atoms with Crippen LogP contribution in [0.3, 0.4) is 0 Å². The Hall–Kier alpha value is -2.41. The van der Waals surface area contributed by atoms with E-state index in [0.29, 0.717) is 23.6 Å². The molecule has 0 spiro atoms. The van der Waals surface area contributed by atoms with E-state index in [9.17, 15) is 14.7 Å². The van der Waals surface area contributed by atoms with Gasteiger partial charge in [-0.3, -0.25) is 9.59 Å². The van der Waals surface area contributed by atoms with E-state index in [2.05, 4.69) is 10.3 Å².